The van der Waals surface area contributed by atoms with Gasteiger partial charge in [0.25, 0.3) is 0 Å². The average molecular weight is 865 g/mol. The van der Waals surface area contributed by atoms with E-state index in [9.17, 15) is 0 Å². The molecule has 0 spiro atoms. The molecule has 0 fully saturated rings. The van der Waals surface area contributed by atoms with Gasteiger partial charge in [-0.2, -0.15) is 0 Å². The van der Waals surface area contributed by atoms with Crippen molar-refractivity contribution >= 4 is 43.6 Å². The summed E-state index contributed by atoms with van der Waals surface area (Å²) >= 11 is 0. The summed E-state index contributed by atoms with van der Waals surface area (Å²) in [4.78, 5) is 0. The third kappa shape index (κ3) is 6.65. The van der Waals surface area contributed by atoms with Crippen LogP contribution in [0.2, 0.25) is 0 Å². The van der Waals surface area contributed by atoms with E-state index in [0.29, 0.717) is 0 Å². The Morgan fingerprint density at radius 3 is 1.07 bits per heavy atom. The number of fused-ring (bicyclic) bond motifs is 6. The van der Waals surface area contributed by atoms with Gasteiger partial charge < -0.3 is 9.13 Å². The molecule has 0 saturated carbocycles. The van der Waals surface area contributed by atoms with Gasteiger partial charge in [-0.3, -0.25) is 0 Å². The Morgan fingerprint density at radius 2 is 0.574 bits per heavy atom. The van der Waals surface area contributed by atoms with Gasteiger partial charge in [-0.25, -0.2) is 0 Å². The molecule has 13 aromatic rings. The molecular formula is C66H44N2. The molecule has 2 heteroatoms. The molecule has 2 nitrogen and oxygen atoms in total. The van der Waals surface area contributed by atoms with Crippen molar-refractivity contribution in [2.75, 3.05) is 0 Å². The molecule has 0 aliphatic rings. The summed E-state index contributed by atoms with van der Waals surface area (Å²) in [6.07, 6.45) is 0. The lowest BCUT2D eigenvalue weighted by atomic mass is 9.95. The van der Waals surface area contributed by atoms with Crippen LogP contribution in [-0.4, -0.2) is 9.13 Å². The summed E-state index contributed by atoms with van der Waals surface area (Å²) in [5, 5.41) is 4.98. The number of para-hydroxylation sites is 1. The van der Waals surface area contributed by atoms with Gasteiger partial charge >= 0.3 is 0 Å². The molecule has 0 radical (unpaired) electrons. The molecule has 68 heavy (non-hydrogen) atoms. The minimum absolute atomic E-state index is 1.15. The summed E-state index contributed by atoms with van der Waals surface area (Å²) < 4.78 is 4.89. The van der Waals surface area contributed by atoms with Gasteiger partial charge in [0, 0.05) is 32.8 Å². The third-order valence-corrected chi connectivity index (χ3v) is 13.7. The highest BCUT2D eigenvalue weighted by atomic mass is 15.0. The van der Waals surface area contributed by atoms with E-state index in [1.807, 2.05) is 0 Å². The van der Waals surface area contributed by atoms with Crippen molar-refractivity contribution in [2.24, 2.45) is 0 Å². The number of benzene rings is 11. The summed E-state index contributed by atoms with van der Waals surface area (Å²) in [5.74, 6) is 0. The lowest BCUT2D eigenvalue weighted by Gasteiger charge is -2.16. The number of aromatic nitrogens is 2. The first kappa shape index (κ1) is 39.4. The van der Waals surface area contributed by atoms with Crippen molar-refractivity contribution in [3.05, 3.63) is 267 Å². The van der Waals surface area contributed by atoms with Crippen LogP contribution in [0.25, 0.3) is 122 Å². The first-order valence-electron chi connectivity index (χ1n) is 23.4. The Bertz CT molecular complexity index is 3960. The largest absolute Gasteiger partial charge is 0.309 e. The molecule has 318 valence electrons. The Kier molecular flexibility index (Phi) is 9.54. The molecule has 0 N–H and O–H groups in total. The second-order valence-electron chi connectivity index (χ2n) is 17.6. The Hall–Kier alpha value is -8.98. The molecule has 0 amide bonds. The SMILES string of the molecule is c1ccc(-c2ccc(-n3c4ccc(-c5ccc(-c6ccc7c(c6)c6c(-c8ccccc8)cccc6n7-c6ccccc6)cc5)cc4c4c(-c5ccccc5)cccc43)c(-c3ccccc3)c2)cc1. The normalized spacial score (nSPS) is 11.5. The van der Waals surface area contributed by atoms with E-state index in [1.54, 1.807) is 0 Å². The van der Waals surface area contributed by atoms with Gasteiger partial charge in [-0.15, -0.1) is 0 Å². The van der Waals surface area contributed by atoms with Crippen LogP contribution in [0.1, 0.15) is 0 Å². The third-order valence-electron chi connectivity index (χ3n) is 13.7. The van der Waals surface area contributed by atoms with Crippen LogP contribution in [-0.2, 0) is 0 Å². The molecule has 0 atom stereocenters. The molecule has 11 aromatic carbocycles. The number of hydrogen-bond acceptors (Lipinski definition) is 0. The molecule has 0 unspecified atom stereocenters. The highest BCUT2D eigenvalue weighted by molar-refractivity contribution is 6.18. The highest BCUT2D eigenvalue weighted by Gasteiger charge is 2.21. The lowest BCUT2D eigenvalue weighted by Crippen LogP contribution is -1.98. The molecule has 0 aliphatic heterocycles. The Morgan fingerprint density at radius 1 is 0.206 bits per heavy atom. The van der Waals surface area contributed by atoms with E-state index in [0.717, 1.165) is 11.4 Å². The Balaban J connectivity index is 0.960. The smallest absolute Gasteiger partial charge is 0.0547 e. The van der Waals surface area contributed by atoms with Crippen molar-refractivity contribution in [2.45, 2.75) is 0 Å². The maximum Gasteiger partial charge on any atom is 0.0547 e. The van der Waals surface area contributed by atoms with Gasteiger partial charge in [0.2, 0.25) is 0 Å². The fourth-order valence-corrected chi connectivity index (χ4v) is 10.6. The topological polar surface area (TPSA) is 9.86 Å². The lowest BCUT2D eigenvalue weighted by molar-refractivity contribution is 1.18. The molecule has 0 saturated heterocycles. The van der Waals surface area contributed by atoms with Crippen molar-refractivity contribution in [3.63, 3.8) is 0 Å². The number of rotatable bonds is 8. The van der Waals surface area contributed by atoms with Crippen LogP contribution in [0, 0.1) is 0 Å². The maximum atomic E-state index is 2.48. The zero-order valence-electron chi connectivity index (χ0n) is 37.3. The van der Waals surface area contributed by atoms with Crippen molar-refractivity contribution in [3.8, 4) is 78.1 Å². The van der Waals surface area contributed by atoms with E-state index in [1.165, 1.54) is 110 Å². The zero-order chi connectivity index (χ0) is 45.0. The minimum atomic E-state index is 1.15. The van der Waals surface area contributed by atoms with Gasteiger partial charge in [-0.05, 0) is 122 Å². The highest BCUT2D eigenvalue weighted by Crippen LogP contribution is 2.44. The second kappa shape index (κ2) is 16.5. The van der Waals surface area contributed by atoms with Crippen LogP contribution in [0.5, 0.6) is 0 Å². The van der Waals surface area contributed by atoms with Crippen molar-refractivity contribution in [1.29, 1.82) is 0 Å². The molecule has 0 bridgehead atoms. The van der Waals surface area contributed by atoms with Crippen LogP contribution < -0.4 is 0 Å². The fourth-order valence-electron chi connectivity index (χ4n) is 10.6. The number of nitrogens with zero attached hydrogens (tertiary/aromatic N) is 2. The summed E-state index contributed by atoms with van der Waals surface area (Å²) in [5.41, 5.74) is 21.4. The predicted octanol–water partition coefficient (Wildman–Crippen LogP) is 17.9. The summed E-state index contributed by atoms with van der Waals surface area (Å²) in [7, 11) is 0. The first-order valence-corrected chi connectivity index (χ1v) is 23.4. The van der Waals surface area contributed by atoms with Gasteiger partial charge in [0.05, 0.1) is 27.8 Å². The quantitative estimate of drug-likeness (QED) is 0.144. The van der Waals surface area contributed by atoms with Crippen LogP contribution in [0.4, 0.5) is 0 Å². The van der Waals surface area contributed by atoms with E-state index in [2.05, 4.69) is 276 Å². The molecule has 0 aliphatic carbocycles. The zero-order valence-corrected chi connectivity index (χ0v) is 37.3. The van der Waals surface area contributed by atoms with E-state index in [4.69, 9.17) is 0 Å². The standard InChI is InChI=1S/C66H44N2/c1-6-18-45(19-7-1)51-36-39-60(57(42-51)50-24-12-4-13-25-50)68-62-41-38-53(44-59(62)66-56(29-17-31-64(66)68)49-22-10-3-11-23-49)47-34-32-46(33-35-47)52-37-40-61-58(43-52)65-55(48-20-8-2-9-21-48)28-16-30-63(65)67(61)54-26-14-5-15-27-54/h1-44H. The van der Waals surface area contributed by atoms with Crippen LogP contribution in [0.15, 0.2) is 267 Å². The van der Waals surface area contributed by atoms with Gasteiger partial charge in [0.15, 0.2) is 0 Å². The monoisotopic (exact) mass is 864 g/mol. The molecular weight excluding hydrogens is 821 g/mol. The van der Waals surface area contributed by atoms with Gasteiger partial charge in [-0.1, -0.05) is 206 Å². The van der Waals surface area contributed by atoms with Crippen LogP contribution >= 0.6 is 0 Å². The predicted molar refractivity (Wildman–Crippen MR) is 288 cm³/mol. The summed E-state index contributed by atoms with van der Waals surface area (Å²) in [6.45, 7) is 0. The summed E-state index contributed by atoms with van der Waals surface area (Å²) in [6, 6.07) is 97.4. The van der Waals surface area contributed by atoms with E-state index < -0.39 is 0 Å². The minimum Gasteiger partial charge on any atom is -0.309 e. The first-order chi connectivity index (χ1) is 33.7. The van der Waals surface area contributed by atoms with E-state index in [-0.39, 0.29) is 0 Å². The molecule has 13 rings (SSSR count). The average Bonchev–Trinajstić information content (AvgIpc) is 3.94. The second-order valence-corrected chi connectivity index (χ2v) is 17.6. The Labute approximate surface area is 395 Å². The van der Waals surface area contributed by atoms with Crippen molar-refractivity contribution < 1.29 is 0 Å². The fraction of sp³-hybridized carbons (Fsp3) is 0. The molecule has 2 aromatic heterocycles. The van der Waals surface area contributed by atoms with Crippen molar-refractivity contribution in [1.82, 2.24) is 9.13 Å². The maximum absolute atomic E-state index is 2.48. The van der Waals surface area contributed by atoms with Crippen LogP contribution in [0.3, 0.4) is 0 Å². The number of hydrogen-bond donors (Lipinski definition) is 0. The van der Waals surface area contributed by atoms with E-state index >= 15 is 0 Å². The molecule has 2 heterocycles. The van der Waals surface area contributed by atoms with Gasteiger partial charge in [0.1, 0.15) is 0 Å².